The van der Waals surface area contributed by atoms with E-state index in [4.69, 9.17) is 0 Å². The van der Waals surface area contributed by atoms with Gasteiger partial charge in [0, 0.05) is 18.4 Å². The van der Waals surface area contributed by atoms with Crippen molar-refractivity contribution < 1.29 is 9.59 Å². The van der Waals surface area contributed by atoms with Crippen LogP contribution in [0.25, 0.3) is 0 Å². The summed E-state index contributed by atoms with van der Waals surface area (Å²) in [6, 6.07) is 3.96. The molecule has 22 heavy (non-hydrogen) atoms. The number of carbonyl (C=O) groups excluding carboxylic acids is 2. The number of carbonyl (C=O) groups is 2. The van der Waals surface area contributed by atoms with E-state index in [2.05, 4.69) is 10.4 Å². The normalized spacial score (nSPS) is 10.6. The van der Waals surface area contributed by atoms with Crippen LogP contribution < -0.4 is 5.32 Å². The highest BCUT2D eigenvalue weighted by Crippen LogP contribution is 2.22. The van der Waals surface area contributed by atoms with Gasteiger partial charge < -0.3 is 5.32 Å². The summed E-state index contributed by atoms with van der Waals surface area (Å²) >= 11 is 0. The second-order valence-electron chi connectivity index (χ2n) is 5.73. The molecule has 0 fully saturated rings. The van der Waals surface area contributed by atoms with Crippen molar-refractivity contribution in [3.8, 4) is 0 Å². The zero-order valence-corrected chi connectivity index (χ0v) is 13.9. The molecule has 1 aromatic heterocycles. The molecule has 0 spiro atoms. The molecule has 116 valence electrons. The van der Waals surface area contributed by atoms with E-state index in [-0.39, 0.29) is 0 Å². The molecule has 0 aliphatic carbocycles. The van der Waals surface area contributed by atoms with Crippen LogP contribution in [0.1, 0.15) is 38.4 Å². The summed E-state index contributed by atoms with van der Waals surface area (Å²) in [6.45, 7) is 9.35. The summed E-state index contributed by atoms with van der Waals surface area (Å²) < 4.78 is 1.61. The Morgan fingerprint density at radius 1 is 1.05 bits per heavy atom. The Labute approximate surface area is 130 Å². The number of aromatic nitrogens is 2. The molecule has 0 aliphatic rings. The fourth-order valence-corrected chi connectivity index (χ4v) is 2.76. The summed E-state index contributed by atoms with van der Waals surface area (Å²) in [4.78, 5) is 24.7. The molecule has 1 N–H and O–H groups in total. The van der Waals surface area contributed by atoms with Crippen LogP contribution in [0.5, 0.6) is 0 Å². The number of nitrogens with one attached hydrogen (secondary N) is 1. The smallest absolute Gasteiger partial charge is 0.296 e. The number of hydrogen-bond donors (Lipinski definition) is 1. The zero-order valence-electron chi connectivity index (χ0n) is 13.9. The lowest BCUT2D eigenvalue weighted by atomic mass is 10.0. The van der Waals surface area contributed by atoms with Gasteiger partial charge in [0.05, 0.1) is 11.3 Å². The molecule has 0 unspecified atom stereocenters. The number of amides is 1. The van der Waals surface area contributed by atoms with Gasteiger partial charge in [-0.2, -0.15) is 5.10 Å². The summed E-state index contributed by atoms with van der Waals surface area (Å²) in [7, 11) is 1.76. The summed E-state index contributed by atoms with van der Waals surface area (Å²) in [6.07, 6.45) is 0. The number of Topliss-reactive ketones (excluding diaryl/α,β-unsaturated/α-hetero) is 1. The minimum atomic E-state index is -0.630. The van der Waals surface area contributed by atoms with Gasteiger partial charge in [-0.3, -0.25) is 14.3 Å². The lowest BCUT2D eigenvalue weighted by Crippen LogP contribution is -2.25. The highest BCUT2D eigenvalue weighted by Gasteiger charge is 2.24. The van der Waals surface area contributed by atoms with Crippen LogP contribution in [0.2, 0.25) is 0 Å². The number of ketones is 1. The molecule has 0 atom stereocenters. The standard InChI is InChI=1S/C17H21N3O2/c1-9-7-10(2)15(11(3)8-9)18-17(22)16(21)14-12(4)19-20(6)13(14)5/h7-8H,1-6H3,(H,18,22). The highest BCUT2D eigenvalue weighted by atomic mass is 16.2. The Hall–Kier alpha value is -2.43. The van der Waals surface area contributed by atoms with E-state index in [1.165, 1.54) is 0 Å². The molecule has 1 heterocycles. The first-order valence-electron chi connectivity index (χ1n) is 7.16. The van der Waals surface area contributed by atoms with Crippen LogP contribution in [0, 0.1) is 34.6 Å². The number of hydrogen-bond acceptors (Lipinski definition) is 3. The minimum Gasteiger partial charge on any atom is -0.319 e. The third-order valence-corrected chi connectivity index (χ3v) is 3.86. The molecule has 1 aromatic carbocycles. The number of benzene rings is 1. The summed E-state index contributed by atoms with van der Waals surface area (Å²) in [5.74, 6) is -1.18. The second-order valence-corrected chi connectivity index (χ2v) is 5.73. The van der Waals surface area contributed by atoms with Crippen molar-refractivity contribution in [2.24, 2.45) is 7.05 Å². The first-order valence-corrected chi connectivity index (χ1v) is 7.16. The third-order valence-electron chi connectivity index (χ3n) is 3.86. The maximum absolute atomic E-state index is 12.4. The van der Waals surface area contributed by atoms with Crippen LogP contribution in [0.15, 0.2) is 12.1 Å². The molecule has 2 aromatic rings. The Kier molecular flexibility index (Phi) is 4.17. The first kappa shape index (κ1) is 15.9. The molecule has 5 nitrogen and oxygen atoms in total. The van der Waals surface area contributed by atoms with E-state index in [1.54, 1.807) is 25.6 Å². The molecule has 0 bridgehead atoms. The zero-order chi connectivity index (χ0) is 16.6. The summed E-state index contributed by atoms with van der Waals surface area (Å²) in [5, 5.41) is 6.93. The van der Waals surface area contributed by atoms with E-state index in [0.29, 0.717) is 22.6 Å². The van der Waals surface area contributed by atoms with Crippen LogP contribution in [-0.2, 0) is 11.8 Å². The fourth-order valence-electron chi connectivity index (χ4n) is 2.76. The van der Waals surface area contributed by atoms with Gasteiger partial charge in [-0.25, -0.2) is 0 Å². The molecule has 1 amide bonds. The van der Waals surface area contributed by atoms with Crippen molar-refractivity contribution in [3.05, 3.63) is 45.8 Å². The van der Waals surface area contributed by atoms with Gasteiger partial charge in [0.2, 0.25) is 0 Å². The molecule has 0 saturated heterocycles. The number of rotatable bonds is 3. The van der Waals surface area contributed by atoms with Gasteiger partial charge in [0.15, 0.2) is 0 Å². The van der Waals surface area contributed by atoms with Crippen molar-refractivity contribution in [3.63, 3.8) is 0 Å². The Morgan fingerprint density at radius 2 is 1.59 bits per heavy atom. The van der Waals surface area contributed by atoms with Crippen LogP contribution in [-0.4, -0.2) is 21.5 Å². The summed E-state index contributed by atoms with van der Waals surface area (Å²) in [5.41, 5.74) is 5.34. The van der Waals surface area contributed by atoms with Crippen molar-refractivity contribution in [2.75, 3.05) is 5.32 Å². The lowest BCUT2D eigenvalue weighted by molar-refractivity contribution is -0.112. The van der Waals surface area contributed by atoms with E-state index in [0.717, 1.165) is 16.7 Å². The van der Waals surface area contributed by atoms with Gasteiger partial charge in [-0.05, 0) is 45.7 Å². The average Bonchev–Trinajstić information content (AvgIpc) is 2.66. The van der Waals surface area contributed by atoms with Gasteiger partial charge in [-0.1, -0.05) is 17.7 Å². The number of nitrogens with zero attached hydrogens (tertiary/aromatic N) is 2. The highest BCUT2D eigenvalue weighted by molar-refractivity contribution is 6.47. The molecule has 2 rings (SSSR count). The quantitative estimate of drug-likeness (QED) is 0.700. The molecule has 0 aliphatic heterocycles. The first-order chi connectivity index (χ1) is 10.2. The molecular formula is C17H21N3O2. The second kappa shape index (κ2) is 5.75. The maximum Gasteiger partial charge on any atom is 0.296 e. The SMILES string of the molecule is Cc1cc(C)c(NC(=O)C(=O)c2c(C)nn(C)c2C)c(C)c1. The molecular weight excluding hydrogens is 278 g/mol. The molecule has 5 heteroatoms. The van der Waals surface area contributed by atoms with Crippen molar-refractivity contribution in [2.45, 2.75) is 34.6 Å². The predicted octanol–water partition coefficient (Wildman–Crippen LogP) is 2.78. The van der Waals surface area contributed by atoms with Crippen LogP contribution >= 0.6 is 0 Å². The topological polar surface area (TPSA) is 64.0 Å². The van der Waals surface area contributed by atoms with E-state index in [1.807, 2.05) is 32.9 Å². The van der Waals surface area contributed by atoms with E-state index >= 15 is 0 Å². The largest absolute Gasteiger partial charge is 0.319 e. The third kappa shape index (κ3) is 2.79. The number of aryl methyl sites for hydroxylation is 5. The monoisotopic (exact) mass is 299 g/mol. The Morgan fingerprint density at radius 3 is 2.05 bits per heavy atom. The Balaban J connectivity index is 2.32. The lowest BCUT2D eigenvalue weighted by Gasteiger charge is -2.12. The van der Waals surface area contributed by atoms with E-state index < -0.39 is 11.7 Å². The fraction of sp³-hybridized carbons (Fsp3) is 0.353. The predicted molar refractivity (Wildman–Crippen MR) is 86.3 cm³/mol. The van der Waals surface area contributed by atoms with Crippen LogP contribution in [0.4, 0.5) is 5.69 Å². The molecule has 0 saturated carbocycles. The van der Waals surface area contributed by atoms with Gasteiger partial charge >= 0.3 is 0 Å². The van der Waals surface area contributed by atoms with Gasteiger partial charge in [-0.15, -0.1) is 0 Å². The maximum atomic E-state index is 12.4. The average molecular weight is 299 g/mol. The molecule has 0 radical (unpaired) electrons. The van der Waals surface area contributed by atoms with Gasteiger partial charge in [0.25, 0.3) is 11.7 Å². The number of anilines is 1. The van der Waals surface area contributed by atoms with Crippen LogP contribution in [0.3, 0.4) is 0 Å². The van der Waals surface area contributed by atoms with Gasteiger partial charge in [0.1, 0.15) is 0 Å². The van der Waals surface area contributed by atoms with Crippen molar-refractivity contribution in [1.82, 2.24) is 9.78 Å². The Bertz CT molecular complexity index is 749. The van der Waals surface area contributed by atoms with Crippen molar-refractivity contribution in [1.29, 1.82) is 0 Å². The minimum absolute atomic E-state index is 0.377. The van der Waals surface area contributed by atoms with Crippen molar-refractivity contribution >= 4 is 17.4 Å². The van der Waals surface area contributed by atoms with E-state index in [9.17, 15) is 9.59 Å².